The Morgan fingerprint density at radius 3 is 2.88 bits per heavy atom. The molecular formula is C19H26N2O3. The number of nitrogens with one attached hydrogen (secondary N) is 1. The van der Waals surface area contributed by atoms with Gasteiger partial charge in [-0.2, -0.15) is 0 Å². The molecule has 0 spiro atoms. The third-order valence-electron chi connectivity index (χ3n) is 4.64. The van der Waals surface area contributed by atoms with Gasteiger partial charge in [0.15, 0.2) is 0 Å². The largest absolute Gasteiger partial charge is 0.396 e. The van der Waals surface area contributed by atoms with E-state index in [0.717, 1.165) is 26.1 Å². The summed E-state index contributed by atoms with van der Waals surface area (Å²) in [6, 6.07) is 10.4. The van der Waals surface area contributed by atoms with Crippen molar-refractivity contribution >= 4 is 5.91 Å². The third kappa shape index (κ3) is 4.90. The number of benzene rings is 1. The summed E-state index contributed by atoms with van der Waals surface area (Å²) in [6.45, 7) is 3.38. The van der Waals surface area contributed by atoms with Gasteiger partial charge in [0.2, 0.25) is 5.91 Å². The lowest BCUT2D eigenvalue weighted by atomic mass is 10.1. The minimum absolute atomic E-state index is 0.0230. The van der Waals surface area contributed by atoms with Crippen molar-refractivity contribution in [2.75, 3.05) is 26.3 Å². The zero-order chi connectivity index (χ0) is 16.8. The molecule has 5 heteroatoms. The van der Waals surface area contributed by atoms with Crippen LogP contribution in [-0.4, -0.2) is 54.4 Å². The van der Waals surface area contributed by atoms with Gasteiger partial charge < -0.3 is 15.2 Å². The Balaban J connectivity index is 1.43. The molecule has 1 heterocycles. The molecule has 2 N–H and O–H groups in total. The zero-order valence-corrected chi connectivity index (χ0v) is 13.9. The van der Waals surface area contributed by atoms with Crippen LogP contribution in [0.3, 0.4) is 0 Å². The van der Waals surface area contributed by atoms with E-state index in [1.807, 2.05) is 18.2 Å². The Morgan fingerprint density at radius 1 is 1.29 bits per heavy atom. The van der Waals surface area contributed by atoms with E-state index in [-0.39, 0.29) is 30.6 Å². The first-order valence-corrected chi connectivity index (χ1v) is 8.69. The van der Waals surface area contributed by atoms with Crippen LogP contribution in [0.1, 0.15) is 18.4 Å². The van der Waals surface area contributed by atoms with Crippen molar-refractivity contribution in [2.24, 2.45) is 5.92 Å². The smallest absolute Gasteiger partial charge is 0.223 e. The number of morpholine rings is 1. The molecule has 2 aliphatic rings. The predicted molar refractivity (Wildman–Crippen MR) is 92.3 cm³/mol. The van der Waals surface area contributed by atoms with Crippen LogP contribution in [0.25, 0.3) is 0 Å². The lowest BCUT2D eigenvalue weighted by molar-refractivity contribution is -0.126. The maximum atomic E-state index is 12.2. The highest BCUT2D eigenvalue weighted by molar-refractivity contribution is 5.77. The van der Waals surface area contributed by atoms with Crippen molar-refractivity contribution in [3.05, 3.63) is 48.0 Å². The summed E-state index contributed by atoms with van der Waals surface area (Å²) >= 11 is 0. The monoisotopic (exact) mass is 330 g/mol. The van der Waals surface area contributed by atoms with Crippen LogP contribution in [0.2, 0.25) is 0 Å². The Kier molecular flexibility index (Phi) is 6.01. The number of ether oxygens (including phenoxy) is 1. The molecule has 0 saturated carbocycles. The molecule has 24 heavy (non-hydrogen) atoms. The van der Waals surface area contributed by atoms with Gasteiger partial charge >= 0.3 is 0 Å². The van der Waals surface area contributed by atoms with E-state index in [4.69, 9.17) is 9.84 Å². The molecule has 130 valence electrons. The SMILES string of the molecule is O=C(C[C@@H]1CN(Cc2ccccc2)CCO1)N[C@@H]1C=C[C@H](CO)C1. The maximum Gasteiger partial charge on any atom is 0.223 e. The van der Waals surface area contributed by atoms with Crippen LogP contribution < -0.4 is 5.32 Å². The molecule has 0 radical (unpaired) electrons. The van der Waals surface area contributed by atoms with E-state index in [0.29, 0.717) is 13.0 Å². The quantitative estimate of drug-likeness (QED) is 0.773. The number of hydrogen-bond donors (Lipinski definition) is 2. The molecule has 1 aromatic rings. The van der Waals surface area contributed by atoms with Gasteiger partial charge in [-0.1, -0.05) is 42.5 Å². The van der Waals surface area contributed by atoms with Crippen molar-refractivity contribution in [1.82, 2.24) is 10.2 Å². The number of rotatable bonds is 6. The first-order valence-electron chi connectivity index (χ1n) is 8.69. The minimum Gasteiger partial charge on any atom is -0.396 e. The predicted octanol–water partition coefficient (Wildman–Crippen LogP) is 1.33. The lowest BCUT2D eigenvalue weighted by Gasteiger charge is -2.32. The normalized spacial score (nSPS) is 27.3. The highest BCUT2D eigenvalue weighted by atomic mass is 16.5. The van der Waals surface area contributed by atoms with Crippen molar-refractivity contribution in [3.63, 3.8) is 0 Å². The summed E-state index contributed by atoms with van der Waals surface area (Å²) in [7, 11) is 0. The number of nitrogens with zero attached hydrogens (tertiary/aromatic N) is 1. The summed E-state index contributed by atoms with van der Waals surface area (Å²) in [5, 5.41) is 12.2. The minimum atomic E-state index is -0.0542. The fraction of sp³-hybridized carbons (Fsp3) is 0.526. The van der Waals surface area contributed by atoms with Crippen LogP contribution in [0.4, 0.5) is 0 Å². The second-order valence-corrected chi connectivity index (χ2v) is 6.65. The average Bonchev–Trinajstić information content (AvgIpc) is 3.03. The number of aliphatic hydroxyl groups excluding tert-OH is 1. The van der Waals surface area contributed by atoms with Crippen molar-refractivity contribution in [2.45, 2.75) is 31.5 Å². The van der Waals surface area contributed by atoms with Gasteiger partial charge in [-0.15, -0.1) is 0 Å². The van der Waals surface area contributed by atoms with E-state index in [1.54, 1.807) is 0 Å². The zero-order valence-electron chi connectivity index (χ0n) is 13.9. The number of hydrogen-bond acceptors (Lipinski definition) is 4. The first kappa shape index (κ1) is 17.1. The second-order valence-electron chi connectivity index (χ2n) is 6.65. The number of carbonyl (C=O) groups excluding carboxylic acids is 1. The van der Waals surface area contributed by atoms with E-state index < -0.39 is 0 Å². The van der Waals surface area contributed by atoms with Crippen molar-refractivity contribution < 1.29 is 14.6 Å². The molecule has 0 unspecified atom stereocenters. The Hall–Kier alpha value is -1.69. The number of carbonyl (C=O) groups is 1. The van der Waals surface area contributed by atoms with Gasteiger partial charge in [-0.3, -0.25) is 9.69 Å². The van der Waals surface area contributed by atoms with E-state index >= 15 is 0 Å². The summed E-state index contributed by atoms with van der Waals surface area (Å²) in [6.07, 6.45) is 5.07. The molecule has 1 aliphatic heterocycles. The first-order chi connectivity index (χ1) is 11.7. The Morgan fingerprint density at radius 2 is 2.12 bits per heavy atom. The molecule has 1 aliphatic carbocycles. The summed E-state index contributed by atoms with van der Waals surface area (Å²) in [5.41, 5.74) is 1.29. The van der Waals surface area contributed by atoms with E-state index in [9.17, 15) is 4.79 Å². The van der Waals surface area contributed by atoms with Gasteiger partial charge in [0.25, 0.3) is 0 Å². The third-order valence-corrected chi connectivity index (χ3v) is 4.64. The van der Waals surface area contributed by atoms with Crippen LogP contribution in [0, 0.1) is 5.92 Å². The second kappa shape index (κ2) is 8.42. The highest BCUT2D eigenvalue weighted by Gasteiger charge is 2.25. The molecule has 3 atom stereocenters. The van der Waals surface area contributed by atoms with Gasteiger partial charge in [0.05, 0.1) is 19.1 Å². The van der Waals surface area contributed by atoms with Gasteiger partial charge in [0, 0.05) is 38.2 Å². The van der Waals surface area contributed by atoms with Crippen LogP contribution in [0.5, 0.6) is 0 Å². The molecule has 5 nitrogen and oxygen atoms in total. The van der Waals surface area contributed by atoms with Crippen LogP contribution in [0.15, 0.2) is 42.5 Å². The Bertz CT molecular complexity index is 561. The van der Waals surface area contributed by atoms with Gasteiger partial charge in [0.1, 0.15) is 0 Å². The number of amides is 1. The molecule has 1 aromatic carbocycles. The fourth-order valence-electron chi connectivity index (χ4n) is 3.38. The molecular weight excluding hydrogens is 304 g/mol. The molecule has 0 aromatic heterocycles. The van der Waals surface area contributed by atoms with Crippen molar-refractivity contribution in [3.8, 4) is 0 Å². The standard InChI is InChI=1S/C19H26N2O3/c22-14-16-6-7-17(10-16)20-19(23)11-18-13-21(8-9-24-18)12-15-4-2-1-3-5-15/h1-7,16-18,22H,8-14H2,(H,20,23)/t16-,17+,18+/m0/s1. The molecule has 3 rings (SSSR count). The summed E-state index contributed by atoms with van der Waals surface area (Å²) in [5.74, 6) is 0.192. The van der Waals surface area contributed by atoms with Gasteiger partial charge in [-0.25, -0.2) is 0 Å². The van der Waals surface area contributed by atoms with E-state index in [1.165, 1.54) is 5.56 Å². The fourth-order valence-corrected chi connectivity index (χ4v) is 3.38. The molecule has 1 fully saturated rings. The number of aliphatic hydroxyl groups is 1. The molecule has 1 amide bonds. The molecule has 0 bridgehead atoms. The van der Waals surface area contributed by atoms with Gasteiger partial charge in [-0.05, 0) is 12.0 Å². The summed E-state index contributed by atoms with van der Waals surface area (Å²) in [4.78, 5) is 14.6. The highest BCUT2D eigenvalue weighted by Crippen LogP contribution is 2.18. The van der Waals surface area contributed by atoms with Crippen LogP contribution in [-0.2, 0) is 16.1 Å². The average molecular weight is 330 g/mol. The topological polar surface area (TPSA) is 61.8 Å². The Labute approximate surface area is 143 Å². The van der Waals surface area contributed by atoms with E-state index in [2.05, 4.69) is 34.5 Å². The van der Waals surface area contributed by atoms with Crippen molar-refractivity contribution in [1.29, 1.82) is 0 Å². The molecule has 1 saturated heterocycles. The maximum absolute atomic E-state index is 12.2. The summed E-state index contributed by atoms with van der Waals surface area (Å²) < 4.78 is 5.76. The lowest BCUT2D eigenvalue weighted by Crippen LogP contribution is -2.45. The van der Waals surface area contributed by atoms with Crippen LogP contribution >= 0.6 is 0 Å².